The SMILES string of the molecule is C#C[C@@H]1C/C=C\C[C@@H](NC(=O)[C@H]2NC[C@@H]3C[C@H](CC(C)C)CCO[C@H]32)[C@H]2OC(S1)[C@H](O)C(O)[C@@H]2O. The fraction of sp³-hybridized carbons (Fsp3) is 0.808. The summed E-state index contributed by atoms with van der Waals surface area (Å²) in [6.45, 7) is 5.88. The molecule has 9 heteroatoms. The average Bonchev–Trinajstić information content (AvgIpc) is 3.11. The monoisotopic (exact) mass is 508 g/mol. The summed E-state index contributed by atoms with van der Waals surface area (Å²) in [6.07, 6.45) is 8.63. The Kier molecular flexibility index (Phi) is 9.19. The number of rotatable bonds is 4. The van der Waals surface area contributed by atoms with E-state index in [4.69, 9.17) is 15.9 Å². The molecular formula is C26H40N2O6S. The normalized spacial score (nSPS) is 45.1. The molecule has 4 rings (SSSR count). The van der Waals surface area contributed by atoms with Crippen molar-refractivity contribution in [3.05, 3.63) is 12.2 Å². The zero-order valence-corrected chi connectivity index (χ0v) is 21.4. The number of terminal acetylenes is 1. The minimum absolute atomic E-state index is 0.188. The number of hydrogen-bond acceptors (Lipinski definition) is 8. The first-order valence-corrected chi connectivity index (χ1v) is 13.8. The first kappa shape index (κ1) is 26.9. The Morgan fingerprint density at radius 1 is 1.20 bits per heavy atom. The molecule has 0 aromatic rings. The molecule has 2 bridgehead atoms. The van der Waals surface area contributed by atoms with Crippen LogP contribution in [0.3, 0.4) is 0 Å². The van der Waals surface area contributed by atoms with Crippen molar-refractivity contribution in [1.29, 1.82) is 0 Å². The lowest BCUT2D eigenvalue weighted by molar-refractivity contribution is -0.205. The number of fused-ring (bicyclic) bond motifs is 3. The summed E-state index contributed by atoms with van der Waals surface area (Å²) in [4.78, 5) is 13.4. The number of aliphatic hydroxyl groups is 3. The predicted molar refractivity (Wildman–Crippen MR) is 134 cm³/mol. The zero-order valence-electron chi connectivity index (χ0n) is 20.6. The van der Waals surface area contributed by atoms with Crippen LogP contribution >= 0.6 is 11.8 Å². The molecule has 1 amide bonds. The van der Waals surface area contributed by atoms with Gasteiger partial charge in [-0.15, -0.1) is 18.2 Å². The minimum Gasteiger partial charge on any atom is -0.388 e. The molecule has 0 aromatic carbocycles. The largest absolute Gasteiger partial charge is 0.388 e. The zero-order chi connectivity index (χ0) is 25.1. The van der Waals surface area contributed by atoms with Gasteiger partial charge in [0.15, 0.2) is 0 Å². The van der Waals surface area contributed by atoms with E-state index in [1.54, 1.807) is 0 Å². The summed E-state index contributed by atoms with van der Waals surface area (Å²) in [5.41, 5.74) is -0.803. The summed E-state index contributed by atoms with van der Waals surface area (Å²) < 4.78 is 12.2. The molecule has 0 aliphatic carbocycles. The first-order chi connectivity index (χ1) is 16.8. The number of nitrogens with one attached hydrogen (secondary N) is 2. The fourth-order valence-corrected chi connectivity index (χ4v) is 7.06. The van der Waals surface area contributed by atoms with Crippen LogP contribution in [0, 0.1) is 30.1 Å². The average molecular weight is 509 g/mol. The molecule has 0 spiro atoms. The Hall–Kier alpha value is -1.12. The van der Waals surface area contributed by atoms with Gasteiger partial charge in [-0.1, -0.05) is 31.9 Å². The highest BCUT2D eigenvalue weighted by molar-refractivity contribution is 8.00. The molecule has 0 radical (unpaired) electrons. The van der Waals surface area contributed by atoms with Crippen LogP contribution in [0.5, 0.6) is 0 Å². The number of carbonyl (C=O) groups is 1. The Morgan fingerprint density at radius 2 is 1.97 bits per heavy atom. The summed E-state index contributed by atoms with van der Waals surface area (Å²) in [5.74, 6) is 4.02. The van der Waals surface area contributed by atoms with Crippen molar-refractivity contribution in [1.82, 2.24) is 10.6 Å². The number of aliphatic hydroxyl groups excluding tert-OH is 3. The summed E-state index contributed by atoms with van der Waals surface area (Å²) in [7, 11) is 0. The molecule has 0 saturated carbocycles. The Bertz CT molecular complexity index is 803. The number of ether oxygens (including phenoxy) is 2. The molecular weight excluding hydrogens is 468 g/mol. The van der Waals surface area contributed by atoms with E-state index in [9.17, 15) is 20.1 Å². The third-order valence-electron chi connectivity index (χ3n) is 7.67. The highest BCUT2D eigenvalue weighted by atomic mass is 32.2. The van der Waals surface area contributed by atoms with E-state index in [-0.39, 0.29) is 23.2 Å². The van der Waals surface area contributed by atoms with Crippen LogP contribution in [0.2, 0.25) is 0 Å². The molecule has 196 valence electrons. The molecule has 2 unspecified atom stereocenters. The van der Waals surface area contributed by atoms with Gasteiger partial charge >= 0.3 is 0 Å². The van der Waals surface area contributed by atoms with Crippen molar-refractivity contribution in [3.63, 3.8) is 0 Å². The third-order valence-corrected chi connectivity index (χ3v) is 8.99. The van der Waals surface area contributed by atoms with Crippen LogP contribution in [0.4, 0.5) is 0 Å². The van der Waals surface area contributed by atoms with Gasteiger partial charge in [0.2, 0.25) is 5.91 Å². The van der Waals surface area contributed by atoms with E-state index in [0.29, 0.717) is 31.3 Å². The molecule has 4 heterocycles. The summed E-state index contributed by atoms with van der Waals surface area (Å²) in [6, 6.07) is -1.06. The molecule has 3 fully saturated rings. The van der Waals surface area contributed by atoms with E-state index in [2.05, 4.69) is 30.4 Å². The maximum atomic E-state index is 13.4. The highest BCUT2D eigenvalue weighted by Gasteiger charge is 2.49. The minimum atomic E-state index is -1.40. The van der Waals surface area contributed by atoms with E-state index in [1.165, 1.54) is 18.2 Å². The number of carbonyl (C=O) groups excluding carboxylic acids is 1. The smallest absolute Gasteiger partial charge is 0.240 e. The number of hydrogen-bond donors (Lipinski definition) is 5. The molecule has 11 atom stereocenters. The van der Waals surface area contributed by atoms with Crippen LogP contribution < -0.4 is 10.6 Å². The van der Waals surface area contributed by atoms with Gasteiger partial charge in [0.25, 0.3) is 0 Å². The van der Waals surface area contributed by atoms with Crippen LogP contribution in [0.1, 0.15) is 46.0 Å². The summed E-state index contributed by atoms with van der Waals surface area (Å²) in [5, 5.41) is 37.9. The quantitative estimate of drug-likeness (QED) is 0.279. The lowest BCUT2D eigenvalue weighted by Gasteiger charge is -2.44. The van der Waals surface area contributed by atoms with Crippen LogP contribution in [0.25, 0.3) is 0 Å². The van der Waals surface area contributed by atoms with Crippen molar-refractivity contribution in [2.75, 3.05) is 13.2 Å². The van der Waals surface area contributed by atoms with Gasteiger partial charge in [-0.25, -0.2) is 0 Å². The number of allylic oxidation sites excluding steroid dienone is 1. The van der Waals surface area contributed by atoms with E-state index < -0.39 is 41.9 Å². The first-order valence-electron chi connectivity index (χ1n) is 12.9. The lowest BCUT2D eigenvalue weighted by atomic mass is 9.85. The predicted octanol–water partition coefficient (Wildman–Crippen LogP) is 0.793. The molecule has 4 aliphatic heterocycles. The van der Waals surface area contributed by atoms with Gasteiger partial charge in [0, 0.05) is 13.2 Å². The number of amides is 1. The molecule has 35 heavy (non-hydrogen) atoms. The molecule has 8 nitrogen and oxygen atoms in total. The van der Waals surface area contributed by atoms with Crippen LogP contribution in [0.15, 0.2) is 12.2 Å². The van der Waals surface area contributed by atoms with E-state index in [0.717, 1.165) is 19.4 Å². The second kappa shape index (κ2) is 12.0. The van der Waals surface area contributed by atoms with Gasteiger partial charge in [0.1, 0.15) is 35.9 Å². The van der Waals surface area contributed by atoms with Crippen molar-refractivity contribution >= 4 is 17.7 Å². The molecule has 0 aromatic heterocycles. The maximum Gasteiger partial charge on any atom is 0.240 e. The standard InChI is InChI=1S/C26H40N2O6S/c1-4-17-7-5-6-8-18(24-21(30)20(29)22(31)26(34-24)35-17)28-25(32)19-23-16(13-27-19)12-15(9-10-33-23)11-14(2)3/h1,5-6,14-24,26-27,29-31H,7-13H2,2-3H3,(H,28,32)/b6-5-/t15-,16-,17+,18+,19-,20?,21-,22+,23+,24+,26?/m0/s1. The van der Waals surface area contributed by atoms with Crippen molar-refractivity contribution < 1.29 is 29.6 Å². The number of thioether (sulfide) groups is 1. The van der Waals surface area contributed by atoms with Crippen LogP contribution in [-0.2, 0) is 14.3 Å². The second-order valence-electron chi connectivity index (χ2n) is 10.8. The highest BCUT2D eigenvalue weighted by Crippen LogP contribution is 2.36. The Balaban J connectivity index is 1.46. The third kappa shape index (κ3) is 6.24. The van der Waals surface area contributed by atoms with Crippen molar-refractivity contribution in [3.8, 4) is 12.3 Å². The second-order valence-corrected chi connectivity index (χ2v) is 12.1. The Morgan fingerprint density at radius 3 is 2.71 bits per heavy atom. The molecule has 5 N–H and O–H groups in total. The maximum absolute atomic E-state index is 13.4. The van der Waals surface area contributed by atoms with E-state index >= 15 is 0 Å². The summed E-state index contributed by atoms with van der Waals surface area (Å²) >= 11 is 1.25. The van der Waals surface area contributed by atoms with Crippen molar-refractivity contribution in [2.24, 2.45) is 17.8 Å². The van der Waals surface area contributed by atoms with E-state index in [1.807, 2.05) is 12.2 Å². The van der Waals surface area contributed by atoms with Gasteiger partial charge in [-0.3, -0.25) is 4.79 Å². The molecule has 4 aliphatic rings. The lowest BCUT2D eigenvalue weighted by Crippen LogP contribution is -2.64. The Labute approximate surface area is 212 Å². The van der Waals surface area contributed by atoms with Gasteiger partial charge in [-0.2, -0.15) is 0 Å². The van der Waals surface area contributed by atoms with Gasteiger partial charge < -0.3 is 35.4 Å². The van der Waals surface area contributed by atoms with Crippen molar-refractivity contribution in [2.45, 2.75) is 99.2 Å². The van der Waals surface area contributed by atoms with Crippen LogP contribution in [-0.4, -0.2) is 87.7 Å². The van der Waals surface area contributed by atoms with Gasteiger partial charge in [-0.05, 0) is 49.9 Å². The topological polar surface area (TPSA) is 120 Å². The molecule has 3 saturated heterocycles. The van der Waals surface area contributed by atoms with Gasteiger partial charge in [0.05, 0.1) is 17.4 Å². The fourth-order valence-electron chi connectivity index (χ4n) is 5.93.